The van der Waals surface area contributed by atoms with Crippen LogP contribution in [0.4, 0.5) is 0 Å². The number of hydrogen-bond acceptors (Lipinski definition) is 4. The Kier molecular flexibility index (Phi) is 2.47. The Morgan fingerprint density at radius 1 is 1.58 bits per heavy atom. The smallest absolute Gasteiger partial charge is 0.333 e. The van der Waals surface area contributed by atoms with E-state index in [9.17, 15) is 9.59 Å². The Morgan fingerprint density at radius 3 is 2.75 bits per heavy atom. The van der Waals surface area contributed by atoms with Gasteiger partial charge in [0.05, 0.1) is 7.11 Å². The first-order valence-corrected chi connectivity index (χ1v) is 4.02. The molecule has 0 heterocycles. The minimum Gasteiger partial charge on any atom is -0.467 e. The monoisotopic (exact) mass is 171 g/mol. The fraction of sp³-hybridized carbons (Fsp3) is 0.750. The Labute approximate surface area is 71.1 Å². The van der Waals surface area contributed by atoms with Crippen molar-refractivity contribution in [1.29, 1.82) is 0 Å². The lowest BCUT2D eigenvalue weighted by Gasteiger charge is -2.28. The number of carbonyl (C=O) groups excluding carboxylic acids is 2. The third-order valence-electron chi connectivity index (χ3n) is 2.27. The Morgan fingerprint density at radius 2 is 2.25 bits per heavy atom. The van der Waals surface area contributed by atoms with Crippen molar-refractivity contribution in [3.8, 4) is 0 Å². The highest BCUT2D eigenvalue weighted by Gasteiger charge is 2.43. The molecule has 1 unspecified atom stereocenters. The highest BCUT2D eigenvalue weighted by molar-refractivity contribution is 6.08. The maximum atomic E-state index is 11.3. The quantitative estimate of drug-likeness (QED) is 0.445. The Hall–Kier alpha value is -0.900. The van der Waals surface area contributed by atoms with Crippen LogP contribution in [-0.4, -0.2) is 24.4 Å². The van der Waals surface area contributed by atoms with E-state index in [2.05, 4.69) is 4.74 Å². The number of ether oxygens (including phenoxy) is 1. The average Bonchev–Trinajstić information content (AvgIpc) is 2.09. The van der Waals surface area contributed by atoms with Crippen LogP contribution in [0.25, 0.3) is 0 Å². The van der Waals surface area contributed by atoms with Crippen molar-refractivity contribution in [2.45, 2.75) is 31.2 Å². The van der Waals surface area contributed by atoms with Gasteiger partial charge in [-0.1, -0.05) is 6.42 Å². The minimum atomic E-state index is -1.35. The molecule has 2 N–H and O–H groups in total. The molecular formula is C8H13NO3. The number of ketones is 1. The highest BCUT2D eigenvalue weighted by Crippen LogP contribution is 2.23. The predicted octanol–water partition coefficient (Wildman–Crippen LogP) is -0.000000000000000444. The van der Waals surface area contributed by atoms with Crippen molar-refractivity contribution in [3.63, 3.8) is 0 Å². The van der Waals surface area contributed by atoms with Gasteiger partial charge < -0.3 is 10.5 Å². The summed E-state index contributed by atoms with van der Waals surface area (Å²) in [6.45, 7) is 0. The summed E-state index contributed by atoms with van der Waals surface area (Å²) >= 11 is 0. The van der Waals surface area contributed by atoms with Gasteiger partial charge in [-0.2, -0.15) is 0 Å². The maximum Gasteiger partial charge on any atom is 0.333 e. The molecule has 0 saturated heterocycles. The number of Topliss-reactive ketones (excluding diaryl/α,β-unsaturated/α-hetero) is 1. The summed E-state index contributed by atoms with van der Waals surface area (Å²) in [5.74, 6) is -0.798. The van der Waals surface area contributed by atoms with Gasteiger partial charge in [0.2, 0.25) is 0 Å². The lowest BCUT2D eigenvalue weighted by atomic mass is 9.81. The third kappa shape index (κ3) is 1.34. The molecule has 1 aliphatic rings. The molecular weight excluding hydrogens is 158 g/mol. The summed E-state index contributed by atoms with van der Waals surface area (Å²) in [5.41, 5.74) is 4.28. The molecule has 1 rings (SSSR count). The molecule has 0 spiro atoms. The molecule has 12 heavy (non-hydrogen) atoms. The maximum absolute atomic E-state index is 11.3. The number of hydrogen-bond donors (Lipinski definition) is 1. The Bertz CT molecular complexity index is 204. The van der Waals surface area contributed by atoms with E-state index in [0.717, 1.165) is 12.8 Å². The molecule has 4 heteroatoms. The van der Waals surface area contributed by atoms with Crippen molar-refractivity contribution in [3.05, 3.63) is 0 Å². The van der Waals surface area contributed by atoms with Gasteiger partial charge in [-0.3, -0.25) is 4.79 Å². The lowest BCUT2D eigenvalue weighted by molar-refractivity contribution is -0.152. The zero-order chi connectivity index (χ0) is 9.19. The lowest BCUT2D eigenvalue weighted by Crippen LogP contribution is -2.56. The molecule has 1 fully saturated rings. The van der Waals surface area contributed by atoms with E-state index in [4.69, 9.17) is 5.73 Å². The number of methoxy groups -OCH3 is 1. The molecule has 0 aromatic carbocycles. The van der Waals surface area contributed by atoms with Gasteiger partial charge >= 0.3 is 5.97 Å². The largest absolute Gasteiger partial charge is 0.467 e. The highest BCUT2D eigenvalue weighted by atomic mass is 16.5. The van der Waals surface area contributed by atoms with E-state index in [1.54, 1.807) is 0 Å². The van der Waals surface area contributed by atoms with E-state index < -0.39 is 11.5 Å². The van der Waals surface area contributed by atoms with Crippen LogP contribution in [-0.2, 0) is 14.3 Å². The van der Waals surface area contributed by atoms with Gasteiger partial charge in [0.15, 0.2) is 11.3 Å². The summed E-state index contributed by atoms with van der Waals surface area (Å²) < 4.78 is 4.48. The molecule has 0 aromatic rings. The van der Waals surface area contributed by atoms with Gasteiger partial charge in [-0.15, -0.1) is 0 Å². The fourth-order valence-electron chi connectivity index (χ4n) is 1.45. The molecule has 68 valence electrons. The van der Waals surface area contributed by atoms with Crippen LogP contribution in [0.15, 0.2) is 0 Å². The summed E-state index contributed by atoms with van der Waals surface area (Å²) in [7, 11) is 1.25. The number of esters is 1. The first kappa shape index (κ1) is 9.19. The molecule has 1 atom stereocenters. The average molecular weight is 171 g/mol. The third-order valence-corrected chi connectivity index (χ3v) is 2.27. The number of rotatable bonds is 1. The minimum absolute atomic E-state index is 0.194. The van der Waals surface area contributed by atoms with Gasteiger partial charge in [0.25, 0.3) is 0 Å². The van der Waals surface area contributed by atoms with Crippen molar-refractivity contribution < 1.29 is 14.3 Å². The van der Waals surface area contributed by atoms with Crippen LogP contribution in [0.2, 0.25) is 0 Å². The molecule has 0 radical (unpaired) electrons. The normalized spacial score (nSPS) is 30.0. The van der Waals surface area contributed by atoms with Crippen molar-refractivity contribution in [1.82, 2.24) is 0 Å². The second-order valence-corrected chi connectivity index (χ2v) is 3.09. The van der Waals surface area contributed by atoms with Gasteiger partial charge in [-0.25, -0.2) is 4.79 Å². The van der Waals surface area contributed by atoms with E-state index in [0.29, 0.717) is 12.8 Å². The molecule has 1 aliphatic carbocycles. The standard InChI is InChI=1S/C8H13NO3/c1-12-7(11)8(9)5-3-2-4-6(8)10/h2-5,9H2,1H3. The van der Waals surface area contributed by atoms with Gasteiger partial charge in [0, 0.05) is 6.42 Å². The summed E-state index contributed by atoms with van der Waals surface area (Å²) in [4.78, 5) is 22.4. The second kappa shape index (κ2) is 3.23. The predicted molar refractivity (Wildman–Crippen MR) is 42.4 cm³/mol. The van der Waals surface area contributed by atoms with Crippen molar-refractivity contribution in [2.75, 3.05) is 7.11 Å². The first-order chi connectivity index (χ1) is 5.61. The van der Waals surface area contributed by atoms with E-state index in [-0.39, 0.29) is 5.78 Å². The summed E-state index contributed by atoms with van der Waals surface area (Å²) in [6.07, 6.45) is 2.45. The first-order valence-electron chi connectivity index (χ1n) is 4.02. The van der Waals surface area contributed by atoms with Crippen molar-refractivity contribution >= 4 is 11.8 Å². The van der Waals surface area contributed by atoms with Gasteiger partial charge in [-0.05, 0) is 12.8 Å². The second-order valence-electron chi connectivity index (χ2n) is 3.09. The van der Waals surface area contributed by atoms with Crippen LogP contribution in [0, 0.1) is 0 Å². The van der Waals surface area contributed by atoms with Crippen LogP contribution in [0.3, 0.4) is 0 Å². The number of nitrogens with two attached hydrogens (primary N) is 1. The van der Waals surface area contributed by atoms with E-state index in [1.807, 2.05) is 0 Å². The van der Waals surface area contributed by atoms with Gasteiger partial charge in [0.1, 0.15) is 0 Å². The molecule has 0 bridgehead atoms. The molecule has 0 aromatic heterocycles. The van der Waals surface area contributed by atoms with E-state index >= 15 is 0 Å². The SMILES string of the molecule is COC(=O)C1(N)CCCCC1=O. The molecule has 4 nitrogen and oxygen atoms in total. The van der Waals surface area contributed by atoms with Crippen LogP contribution in [0.1, 0.15) is 25.7 Å². The number of carbonyl (C=O) groups is 2. The van der Waals surface area contributed by atoms with Crippen LogP contribution < -0.4 is 5.73 Å². The summed E-state index contributed by atoms with van der Waals surface area (Å²) in [5, 5.41) is 0. The Balaban J connectivity index is 2.79. The fourth-order valence-corrected chi connectivity index (χ4v) is 1.45. The van der Waals surface area contributed by atoms with Crippen molar-refractivity contribution in [2.24, 2.45) is 5.73 Å². The molecule has 0 amide bonds. The zero-order valence-corrected chi connectivity index (χ0v) is 7.13. The molecule has 1 saturated carbocycles. The molecule has 0 aliphatic heterocycles. The van der Waals surface area contributed by atoms with Crippen LogP contribution in [0.5, 0.6) is 0 Å². The van der Waals surface area contributed by atoms with Crippen LogP contribution >= 0.6 is 0 Å². The summed E-state index contributed by atoms with van der Waals surface area (Å²) in [6, 6.07) is 0. The topological polar surface area (TPSA) is 69.4 Å². The van der Waals surface area contributed by atoms with E-state index in [1.165, 1.54) is 7.11 Å². The zero-order valence-electron chi connectivity index (χ0n) is 7.13.